The number of benzene rings is 2. The maximum atomic E-state index is 5.87. The molecule has 1 saturated carbocycles. The quantitative estimate of drug-likeness (QED) is 0.357. The normalized spacial score (nSPS) is 24.5. The van der Waals surface area contributed by atoms with Gasteiger partial charge in [-0.15, -0.1) is 0 Å². The maximum absolute atomic E-state index is 5.87. The highest BCUT2D eigenvalue weighted by atomic mass is 15.3. The van der Waals surface area contributed by atoms with Gasteiger partial charge >= 0.3 is 0 Å². The monoisotopic (exact) mass is 559 g/mol. The molecule has 42 heavy (non-hydrogen) atoms. The van der Waals surface area contributed by atoms with Gasteiger partial charge in [0, 0.05) is 28.2 Å². The van der Waals surface area contributed by atoms with Gasteiger partial charge in [-0.05, 0) is 66.7 Å². The van der Waals surface area contributed by atoms with Crippen LogP contribution in [0.15, 0.2) is 77.0 Å². The van der Waals surface area contributed by atoms with Crippen molar-refractivity contribution in [3.63, 3.8) is 0 Å². The van der Waals surface area contributed by atoms with Crippen molar-refractivity contribution in [3.8, 4) is 0 Å². The molecule has 3 nitrogen and oxygen atoms in total. The molecule has 0 spiro atoms. The zero-order valence-electron chi connectivity index (χ0n) is 26.3. The Morgan fingerprint density at radius 3 is 2.43 bits per heavy atom. The Morgan fingerprint density at radius 2 is 1.67 bits per heavy atom. The lowest BCUT2D eigenvalue weighted by Crippen LogP contribution is -2.47. The van der Waals surface area contributed by atoms with Crippen molar-refractivity contribution in [2.75, 3.05) is 4.90 Å². The third kappa shape index (κ3) is 4.41. The molecule has 0 radical (unpaired) electrons. The van der Waals surface area contributed by atoms with E-state index in [4.69, 9.17) is 4.99 Å². The minimum absolute atomic E-state index is 0.0861. The third-order valence-electron chi connectivity index (χ3n) is 10.9. The predicted octanol–water partition coefficient (Wildman–Crippen LogP) is 10.2. The van der Waals surface area contributed by atoms with Crippen LogP contribution in [0.3, 0.4) is 0 Å². The van der Waals surface area contributed by atoms with Gasteiger partial charge in [0.2, 0.25) is 0 Å². The lowest BCUT2D eigenvalue weighted by Gasteiger charge is -2.45. The van der Waals surface area contributed by atoms with Gasteiger partial charge in [0.15, 0.2) is 0 Å². The summed E-state index contributed by atoms with van der Waals surface area (Å²) in [6.45, 7) is 9.55. The van der Waals surface area contributed by atoms with E-state index in [1.54, 1.807) is 0 Å². The first-order chi connectivity index (χ1) is 20.5. The van der Waals surface area contributed by atoms with Crippen molar-refractivity contribution in [1.82, 2.24) is 5.32 Å². The average molecular weight is 560 g/mol. The smallest absolute Gasteiger partial charge is 0.140 e. The number of fused-ring (bicyclic) bond motifs is 7. The van der Waals surface area contributed by atoms with E-state index in [0.717, 1.165) is 6.42 Å². The highest BCUT2D eigenvalue weighted by Gasteiger charge is 2.47. The molecular formula is C39H49N3. The van der Waals surface area contributed by atoms with E-state index in [2.05, 4.69) is 98.6 Å². The molecule has 7 rings (SSSR count). The molecule has 5 aliphatic rings. The van der Waals surface area contributed by atoms with Crippen LogP contribution in [0.4, 0.5) is 11.4 Å². The standard InChI is InChI=1S/C39H49N3/c1-5-16-26(17-6-2)35-34-29-21-12-11-20-28(29)30-22-15-24-32-36(30)42(33-25-14-13-23-31(33)39(32,3)4)38(34)41-37(40-35)27-18-9-7-8-10-19-27/h11-15,20,22-27,29,37,40H,5-10,16-19,21H2,1-4H3. The van der Waals surface area contributed by atoms with Crippen molar-refractivity contribution in [2.45, 2.75) is 110 Å². The summed E-state index contributed by atoms with van der Waals surface area (Å²) in [5.41, 5.74) is 11.3. The Kier molecular flexibility index (Phi) is 7.41. The molecule has 0 aromatic heterocycles. The van der Waals surface area contributed by atoms with E-state index in [0.29, 0.717) is 17.8 Å². The lowest BCUT2D eigenvalue weighted by molar-refractivity contribution is 0.321. The molecular weight excluding hydrogens is 510 g/mol. The molecule has 2 aliphatic carbocycles. The van der Waals surface area contributed by atoms with Crippen LogP contribution in [0, 0.1) is 17.8 Å². The molecule has 2 aromatic rings. The zero-order valence-corrected chi connectivity index (χ0v) is 26.3. The molecule has 2 unspecified atom stereocenters. The summed E-state index contributed by atoms with van der Waals surface area (Å²) in [4.78, 5) is 8.49. The van der Waals surface area contributed by atoms with Crippen molar-refractivity contribution in [1.29, 1.82) is 0 Å². The number of nitrogens with zero attached hydrogens (tertiary/aromatic N) is 2. The first kappa shape index (κ1) is 27.7. The molecule has 3 aliphatic heterocycles. The topological polar surface area (TPSA) is 27.6 Å². The van der Waals surface area contributed by atoms with Gasteiger partial charge in [-0.3, -0.25) is 4.90 Å². The van der Waals surface area contributed by atoms with Crippen molar-refractivity contribution >= 4 is 22.8 Å². The fraction of sp³-hybridized carbons (Fsp3) is 0.513. The van der Waals surface area contributed by atoms with Gasteiger partial charge in [0.05, 0.1) is 11.4 Å². The first-order valence-corrected chi connectivity index (χ1v) is 17.0. The highest BCUT2D eigenvalue weighted by molar-refractivity contribution is 6.20. The number of anilines is 2. The van der Waals surface area contributed by atoms with Crippen molar-refractivity contribution in [2.24, 2.45) is 22.7 Å². The van der Waals surface area contributed by atoms with E-state index >= 15 is 0 Å². The summed E-state index contributed by atoms with van der Waals surface area (Å²) in [7, 11) is 0. The molecule has 0 bridgehead atoms. The second-order valence-corrected chi connectivity index (χ2v) is 13.9. The predicted molar refractivity (Wildman–Crippen MR) is 178 cm³/mol. The fourth-order valence-corrected chi connectivity index (χ4v) is 8.82. The fourth-order valence-electron chi connectivity index (χ4n) is 8.82. The summed E-state index contributed by atoms with van der Waals surface area (Å²) in [5.74, 6) is 2.68. The third-order valence-corrected chi connectivity index (χ3v) is 10.9. The summed E-state index contributed by atoms with van der Waals surface area (Å²) in [5, 5.41) is 4.24. The molecule has 0 saturated heterocycles. The van der Waals surface area contributed by atoms with E-state index in [-0.39, 0.29) is 11.6 Å². The molecule has 2 aromatic carbocycles. The van der Waals surface area contributed by atoms with Crippen molar-refractivity contribution < 1.29 is 0 Å². The Balaban J connectivity index is 1.54. The highest BCUT2D eigenvalue weighted by Crippen LogP contribution is 2.56. The maximum Gasteiger partial charge on any atom is 0.140 e. The van der Waals surface area contributed by atoms with Crippen LogP contribution in [0.25, 0.3) is 5.57 Å². The lowest BCUT2D eigenvalue weighted by atomic mass is 9.72. The number of nitrogens with one attached hydrogen (secondary N) is 1. The van der Waals surface area contributed by atoms with Gasteiger partial charge < -0.3 is 5.32 Å². The SMILES string of the molecule is CCCC(CCC)C1=C2C(=NC(C3CCCCCC3)N1)N1c3ccccc3C(C)(C)c3cccc(c31)C1=CC=CCC12. The summed E-state index contributed by atoms with van der Waals surface area (Å²) in [6.07, 6.45) is 21.1. The van der Waals surface area contributed by atoms with E-state index in [1.165, 1.54) is 115 Å². The molecule has 1 fully saturated rings. The van der Waals surface area contributed by atoms with Crippen LogP contribution in [0.1, 0.15) is 115 Å². The number of hydrogen-bond acceptors (Lipinski definition) is 3. The zero-order chi connectivity index (χ0) is 28.8. The number of rotatable bonds is 6. The number of aliphatic imine (C=N–C) groups is 1. The Hall–Kier alpha value is -3.07. The minimum atomic E-state index is -0.0861. The number of amidine groups is 1. The van der Waals surface area contributed by atoms with Crippen LogP contribution >= 0.6 is 0 Å². The van der Waals surface area contributed by atoms with Crippen LogP contribution in [0.5, 0.6) is 0 Å². The Labute approximate surface area is 253 Å². The summed E-state index contributed by atoms with van der Waals surface area (Å²) < 4.78 is 0. The van der Waals surface area contributed by atoms with E-state index in [9.17, 15) is 0 Å². The van der Waals surface area contributed by atoms with Gasteiger partial charge in [-0.1, -0.05) is 121 Å². The summed E-state index contributed by atoms with van der Waals surface area (Å²) >= 11 is 0. The molecule has 2 atom stereocenters. The van der Waals surface area contributed by atoms with Gasteiger partial charge in [-0.2, -0.15) is 0 Å². The van der Waals surface area contributed by atoms with Crippen molar-refractivity contribution in [3.05, 3.63) is 88.7 Å². The molecule has 0 amide bonds. The Morgan fingerprint density at radius 1 is 0.929 bits per heavy atom. The van der Waals surface area contributed by atoms with Crippen LogP contribution in [-0.4, -0.2) is 12.0 Å². The van der Waals surface area contributed by atoms with E-state index in [1.807, 2.05) is 0 Å². The second-order valence-electron chi connectivity index (χ2n) is 13.9. The Bertz CT molecular complexity index is 1460. The van der Waals surface area contributed by atoms with Crippen LogP contribution in [0.2, 0.25) is 0 Å². The molecule has 3 heterocycles. The van der Waals surface area contributed by atoms with Crippen LogP contribution < -0.4 is 10.2 Å². The number of hydrogen-bond donors (Lipinski definition) is 1. The van der Waals surface area contributed by atoms with Gasteiger partial charge in [-0.25, -0.2) is 4.99 Å². The van der Waals surface area contributed by atoms with Gasteiger partial charge in [0.1, 0.15) is 12.0 Å². The molecule has 3 heteroatoms. The second kappa shape index (κ2) is 11.2. The summed E-state index contributed by atoms with van der Waals surface area (Å²) in [6, 6.07) is 16.2. The van der Waals surface area contributed by atoms with Gasteiger partial charge in [0.25, 0.3) is 0 Å². The van der Waals surface area contributed by atoms with Crippen LogP contribution in [-0.2, 0) is 5.41 Å². The first-order valence-electron chi connectivity index (χ1n) is 17.0. The number of para-hydroxylation sites is 2. The molecule has 220 valence electrons. The van der Waals surface area contributed by atoms with E-state index < -0.39 is 0 Å². The minimum Gasteiger partial charge on any atom is -0.366 e. The largest absolute Gasteiger partial charge is 0.366 e. The number of allylic oxidation sites excluding steroid dienone is 5. The molecule has 1 N–H and O–H groups in total. The average Bonchev–Trinajstić information content (AvgIpc) is 3.36.